The summed E-state index contributed by atoms with van der Waals surface area (Å²) >= 11 is 0. The number of phenolic OH excluding ortho intramolecular Hbond substituents is 1. The molecule has 0 unspecified atom stereocenters. The second-order valence-corrected chi connectivity index (χ2v) is 12.5. The minimum absolute atomic E-state index is 0.00177. The maximum atomic E-state index is 14.0. The molecule has 0 aromatic heterocycles. The Morgan fingerprint density at radius 2 is 1.78 bits per heavy atom. The summed E-state index contributed by atoms with van der Waals surface area (Å²) in [5.74, 6) is -7.13. The molecular weight excluding hydrogens is 580 g/mol. The fraction of sp³-hybridized carbons (Fsp3) is 0.394. The van der Waals surface area contributed by atoms with E-state index in [1.807, 2.05) is 25.1 Å². The number of phenols is 1. The van der Waals surface area contributed by atoms with Crippen LogP contribution in [0.2, 0.25) is 0 Å². The van der Waals surface area contributed by atoms with Crippen LogP contribution in [0.4, 0.5) is 5.69 Å². The monoisotopic (exact) mass is 618 g/mol. The number of rotatable bonds is 8. The number of hydrogen-bond donors (Lipinski definition) is 6. The molecule has 1 fully saturated rings. The number of aliphatic hydroxyl groups excluding tert-OH is 2. The topological polar surface area (TPSA) is 194 Å². The predicted molar refractivity (Wildman–Crippen MR) is 166 cm³/mol. The zero-order valence-electron chi connectivity index (χ0n) is 25.6. The molecule has 0 heterocycles. The van der Waals surface area contributed by atoms with Gasteiger partial charge >= 0.3 is 0 Å². The van der Waals surface area contributed by atoms with Gasteiger partial charge in [0.1, 0.15) is 22.8 Å². The van der Waals surface area contributed by atoms with Crippen molar-refractivity contribution in [2.45, 2.75) is 37.3 Å². The summed E-state index contributed by atoms with van der Waals surface area (Å²) in [5, 5.41) is 48.1. The fourth-order valence-corrected chi connectivity index (χ4v) is 7.06. The maximum Gasteiger partial charge on any atom is 0.255 e. The first kappa shape index (κ1) is 31.9. The van der Waals surface area contributed by atoms with Gasteiger partial charge in [-0.3, -0.25) is 24.1 Å². The predicted octanol–water partition coefficient (Wildman–Crippen LogP) is 1.91. The van der Waals surface area contributed by atoms with Gasteiger partial charge in [-0.05, 0) is 94.8 Å². The number of primary amides is 1. The zero-order valence-corrected chi connectivity index (χ0v) is 25.6. The lowest BCUT2D eigenvalue weighted by molar-refractivity contribution is -0.153. The molecule has 0 aliphatic heterocycles. The summed E-state index contributed by atoms with van der Waals surface area (Å²) in [7, 11) is 6.99. The molecule has 5 rings (SSSR count). The molecule has 3 aliphatic rings. The van der Waals surface area contributed by atoms with Crippen LogP contribution in [0.1, 0.15) is 30.4 Å². The van der Waals surface area contributed by atoms with Gasteiger partial charge in [-0.15, -0.1) is 0 Å². The first-order valence-corrected chi connectivity index (χ1v) is 14.7. The SMILES string of the molecule is CN(C)CCCC(=O)Nc1cccc(-c2ccc(O)c3c2C[C@H]2C[C@H]4[C@H](N(C)C)C(=O)C(C(N)=O)=C(O)[C@@]4(O)C(=O)C2=C3O)c1. The third kappa shape index (κ3) is 5.28. The normalized spacial score (nSPS) is 24.5. The molecule has 3 aliphatic carbocycles. The number of nitrogens with zero attached hydrogens (tertiary/aromatic N) is 2. The number of aromatic hydroxyl groups is 1. The third-order valence-electron chi connectivity index (χ3n) is 9.07. The van der Waals surface area contributed by atoms with Gasteiger partial charge in [0.2, 0.25) is 11.7 Å². The number of Topliss-reactive ketones (excluding diaryl/α,β-unsaturated/α-hetero) is 2. The molecule has 0 spiro atoms. The smallest absolute Gasteiger partial charge is 0.255 e. The van der Waals surface area contributed by atoms with Crippen LogP contribution in [0.5, 0.6) is 5.75 Å². The van der Waals surface area contributed by atoms with Crippen LogP contribution in [0.25, 0.3) is 16.9 Å². The van der Waals surface area contributed by atoms with Crippen molar-refractivity contribution < 1.29 is 39.6 Å². The molecule has 238 valence electrons. The summed E-state index contributed by atoms with van der Waals surface area (Å²) < 4.78 is 0. The molecule has 0 saturated heterocycles. The Morgan fingerprint density at radius 3 is 2.42 bits per heavy atom. The van der Waals surface area contributed by atoms with Crippen molar-refractivity contribution in [3.63, 3.8) is 0 Å². The highest BCUT2D eigenvalue weighted by Crippen LogP contribution is 2.53. The van der Waals surface area contributed by atoms with Crippen molar-refractivity contribution >= 4 is 34.8 Å². The number of likely N-dealkylation sites (N-methyl/N-ethyl adjacent to an activating group) is 1. The number of carbonyl (C=O) groups is 4. The van der Waals surface area contributed by atoms with E-state index >= 15 is 0 Å². The number of carbonyl (C=O) groups excluding carboxylic acids is 4. The summed E-state index contributed by atoms with van der Waals surface area (Å²) in [4.78, 5) is 55.5. The number of nitrogens with one attached hydrogen (secondary N) is 1. The van der Waals surface area contributed by atoms with E-state index in [0.29, 0.717) is 35.2 Å². The minimum Gasteiger partial charge on any atom is -0.508 e. The number of hydrogen-bond acceptors (Lipinski definition) is 10. The van der Waals surface area contributed by atoms with E-state index in [-0.39, 0.29) is 35.6 Å². The van der Waals surface area contributed by atoms with Crippen LogP contribution in [-0.2, 0) is 25.6 Å². The highest BCUT2D eigenvalue weighted by Gasteiger charge is 2.64. The van der Waals surface area contributed by atoms with Gasteiger partial charge in [-0.25, -0.2) is 0 Å². The van der Waals surface area contributed by atoms with Crippen LogP contribution >= 0.6 is 0 Å². The number of amides is 2. The third-order valence-corrected chi connectivity index (χ3v) is 9.07. The standard InChI is InChI=1S/C33H38N4O8/c1-36(2)12-6-9-23(39)35-18-8-5-7-16(13-18)19-10-11-22(38)25-20(19)14-17-15-21-27(37(3)4)29(41)26(32(34)44)31(43)33(21,45)30(42)24(17)28(25)40/h5,7-8,10-11,13,17,21,27,38,40,43,45H,6,9,12,14-15H2,1-4H3,(H2,34,44)(H,35,39)/t17-,21-,27-,33-/m0/s1. The number of fused-ring (bicyclic) bond motifs is 3. The van der Waals surface area contributed by atoms with Crippen LogP contribution in [0, 0.1) is 11.8 Å². The van der Waals surface area contributed by atoms with E-state index in [0.717, 1.165) is 6.54 Å². The Kier molecular flexibility index (Phi) is 8.34. The van der Waals surface area contributed by atoms with Crippen LogP contribution < -0.4 is 11.1 Å². The summed E-state index contributed by atoms with van der Waals surface area (Å²) in [6.07, 6.45) is 1.19. The maximum absolute atomic E-state index is 14.0. The van der Waals surface area contributed by atoms with Crippen LogP contribution in [-0.4, -0.2) is 100.0 Å². The van der Waals surface area contributed by atoms with Crippen molar-refractivity contribution in [2.24, 2.45) is 17.6 Å². The summed E-state index contributed by atoms with van der Waals surface area (Å²) in [5.41, 5.74) is 4.06. The average Bonchev–Trinajstić information content (AvgIpc) is 2.94. The van der Waals surface area contributed by atoms with Gasteiger partial charge in [0.25, 0.3) is 5.91 Å². The minimum atomic E-state index is -2.70. The van der Waals surface area contributed by atoms with Crippen molar-refractivity contribution in [1.82, 2.24) is 9.80 Å². The lowest BCUT2D eigenvalue weighted by Crippen LogP contribution is -2.65. The molecular formula is C33H38N4O8. The second-order valence-electron chi connectivity index (χ2n) is 12.5. The van der Waals surface area contributed by atoms with Crippen molar-refractivity contribution in [3.05, 3.63) is 64.4 Å². The molecule has 1 saturated carbocycles. The van der Waals surface area contributed by atoms with Gasteiger partial charge in [-0.1, -0.05) is 18.2 Å². The van der Waals surface area contributed by atoms with Gasteiger partial charge in [-0.2, -0.15) is 0 Å². The molecule has 12 heteroatoms. The quantitative estimate of drug-likeness (QED) is 0.238. The zero-order chi connectivity index (χ0) is 33.0. The Bertz CT molecular complexity index is 1680. The van der Waals surface area contributed by atoms with E-state index in [1.54, 1.807) is 38.4 Å². The summed E-state index contributed by atoms with van der Waals surface area (Å²) in [6, 6.07) is 9.05. The number of benzene rings is 2. The number of anilines is 1. The average molecular weight is 619 g/mol. The number of aliphatic hydroxyl groups is 3. The lowest BCUT2D eigenvalue weighted by atomic mass is 9.57. The van der Waals surface area contributed by atoms with E-state index in [9.17, 15) is 39.6 Å². The molecule has 0 bridgehead atoms. The first-order valence-electron chi connectivity index (χ1n) is 14.7. The van der Waals surface area contributed by atoms with E-state index in [1.165, 1.54) is 11.0 Å². The van der Waals surface area contributed by atoms with Gasteiger partial charge in [0.05, 0.1) is 11.6 Å². The lowest BCUT2D eigenvalue weighted by Gasteiger charge is -2.50. The fourth-order valence-electron chi connectivity index (χ4n) is 7.06. The highest BCUT2D eigenvalue weighted by molar-refractivity contribution is 6.24. The van der Waals surface area contributed by atoms with Gasteiger partial charge < -0.3 is 36.4 Å². The van der Waals surface area contributed by atoms with E-state index < -0.39 is 58.0 Å². The van der Waals surface area contributed by atoms with E-state index in [4.69, 9.17) is 5.73 Å². The van der Waals surface area contributed by atoms with Gasteiger partial charge in [0, 0.05) is 23.6 Å². The van der Waals surface area contributed by atoms with Crippen LogP contribution in [0.3, 0.4) is 0 Å². The Labute approximate surface area is 260 Å². The second kappa shape index (κ2) is 11.8. The van der Waals surface area contributed by atoms with Crippen molar-refractivity contribution in [2.75, 3.05) is 40.1 Å². The number of nitrogens with two attached hydrogens (primary N) is 1. The highest BCUT2D eigenvalue weighted by atomic mass is 16.3. The molecule has 4 atom stereocenters. The molecule has 0 radical (unpaired) electrons. The van der Waals surface area contributed by atoms with E-state index in [2.05, 4.69) is 5.32 Å². The largest absolute Gasteiger partial charge is 0.508 e. The Balaban J connectivity index is 1.57. The van der Waals surface area contributed by atoms with Crippen molar-refractivity contribution in [3.8, 4) is 16.9 Å². The molecule has 2 amide bonds. The van der Waals surface area contributed by atoms with Gasteiger partial charge in [0.15, 0.2) is 11.4 Å². The Hall–Kier alpha value is -4.52. The first-order chi connectivity index (χ1) is 21.2. The van der Waals surface area contributed by atoms with Crippen molar-refractivity contribution in [1.29, 1.82) is 0 Å². The van der Waals surface area contributed by atoms with Crippen LogP contribution in [0.15, 0.2) is 53.3 Å². The Morgan fingerprint density at radius 1 is 1.07 bits per heavy atom. The molecule has 12 nitrogen and oxygen atoms in total. The molecule has 45 heavy (non-hydrogen) atoms. The molecule has 2 aromatic rings. The summed E-state index contributed by atoms with van der Waals surface area (Å²) in [6.45, 7) is 0.777. The molecule has 7 N–H and O–H groups in total. The number of ketones is 2. The molecule has 2 aromatic carbocycles.